The van der Waals surface area contributed by atoms with Crippen molar-refractivity contribution in [2.45, 2.75) is 45.2 Å². The number of nitrogens with one attached hydrogen (secondary N) is 1. The molecule has 2 heterocycles. The molecule has 0 spiro atoms. The van der Waals surface area contributed by atoms with Crippen molar-refractivity contribution < 1.29 is 0 Å². The molecule has 0 amide bonds. The fraction of sp³-hybridized carbons (Fsp3) is 0.667. The summed E-state index contributed by atoms with van der Waals surface area (Å²) in [5, 5.41) is 3.52. The predicted molar refractivity (Wildman–Crippen MR) is 75.5 cm³/mol. The van der Waals surface area contributed by atoms with Crippen molar-refractivity contribution >= 4 is 0 Å². The smallest absolute Gasteiger partial charge is 0.0572 e. The summed E-state index contributed by atoms with van der Waals surface area (Å²) in [6.45, 7) is 8.00. The molecule has 100 valence electrons. The van der Waals surface area contributed by atoms with Crippen molar-refractivity contribution in [3.8, 4) is 0 Å². The molecule has 0 radical (unpaired) electrons. The van der Waals surface area contributed by atoms with Crippen LogP contribution in [0.15, 0.2) is 24.4 Å². The number of piperidine rings is 1. The van der Waals surface area contributed by atoms with Crippen LogP contribution < -0.4 is 5.32 Å². The molecular weight excluding hydrogens is 222 g/mol. The van der Waals surface area contributed by atoms with Crippen LogP contribution in [0.25, 0.3) is 0 Å². The van der Waals surface area contributed by atoms with Crippen molar-refractivity contribution in [3.05, 3.63) is 30.1 Å². The van der Waals surface area contributed by atoms with Crippen molar-refractivity contribution in [1.29, 1.82) is 0 Å². The minimum Gasteiger partial charge on any atom is -0.315 e. The van der Waals surface area contributed by atoms with Crippen LogP contribution in [0, 0.1) is 0 Å². The standard InChI is InChI=1S/C15H25N3/c1-3-11-18(14-7-6-9-16-12-14)13(2)15-8-4-5-10-17-15/h4-5,8,10,13-14,16H,3,6-7,9,11-12H2,1-2H3. The highest BCUT2D eigenvalue weighted by Crippen LogP contribution is 2.23. The highest BCUT2D eigenvalue weighted by Gasteiger charge is 2.25. The van der Waals surface area contributed by atoms with Crippen molar-refractivity contribution in [1.82, 2.24) is 15.2 Å². The Balaban J connectivity index is 2.08. The topological polar surface area (TPSA) is 28.2 Å². The number of rotatable bonds is 5. The molecule has 2 unspecified atom stereocenters. The predicted octanol–water partition coefficient (Wildman–Crippen LogP) is 2.61. The molecule has 0 aromatic carbocycles. The largest absolute Gasteiger partial charge is 0.315 e. The van der Waals surface area contributed by atoms with E-state index in [2.05, 4.69) is 41.2 Å². The van der Waals surface area contributed by atoms with Gasteiger partial charge in [-0.2, -0.15) is 0 Å². The number of hydrogen-bond donors (Lipinski definition) is 1. The molecule has 0 aliphatic carbocycles. The number of aromatic nitrogens is 1. The summed E-state index contributed by atoms with van der Waals surface area (Å²) in [4.78, 5) is 7.13. The van der Waals surface area contributed by atoms with Gasteiger partial charge in [-0.25, -0.2) is 0 Å². The summed E-state index contributed by atoms with van der Waals surface area (Å²) in [5.74, 6) is 0. The molecule has 18 heavy (non-hydrogen) atoms. The van der Waals surface area contributed by atoms with E-state index in [0.29, 0.717) is 12.1 Å². The minimum atomic E-state index is 0.413. The third-order valence-electron chi connectivity index (χ3n) is 3.83. The summed E-state index contributed by atoms with van der Waals surface area (Å²) in [5.41, 5.74) is 1.19. The average molecular weight is 247 g/mol. The molecule has 1 aromatic heterocycles. The molecule has 0 saturated carbocycles. The van der Waals surface area contributed by atoms with Crippen LogP contribution in [-0.4, -0.2) is 35.6 Å². The van der Waals surface area contributed by atoms with E-state index in [1.165, 1.54) is 31.5 Å². The first kappa shape index (κ1) is 13.5. The summed E-state index contributed by atoms with van der Waals surface area (Å²) in [6, 6.07) is 7.29. The van der Waals surface area contributed by atoms with Crippen LogP contribution in [0.5, 0.6) is 0 Å². The highest BCUT2D eigenvalue weighted by molar-refractivity contribution is 5.08. The Morgan fingerprint density at radius 1 is 1.50 bits per heavy atom. The lowest BCUT2D eigenvalue weighted by atomic mass is 10.0. The van der Waals surface area contributed by atoms with Gasteiger partial charge in [-0.1, -0.05) is 13.0 Å². The summed E-state index contributed by atoms with van der Waals surface area (Å²) in [6.07, 6.45) is 5.70. The Bertz CT molecular complexity index is 333. The molecule has 1 aliphatic rings. The SMILES string of the molecule is CCCN(C1CCCNC1)C(C)c1ccccn1. The second kappa shape index (κ2) is 6.86. The van der Waals surface area contributed by atoms with E-state index in [1.807, 2.05) is 12.3 Å². The Morgan fingerprint density at radius 3 is 3.00 bits per heavy atom. The highest BCUT2D eigenvalue weighted by atomic mass is 15.2. The van der Waals surface area contributed by atoms with Gasteiger partial charge in [0.25, 0.3) is 0 Å². The normalized spacial score (nSPS) is 22.1. The van der Waals surface area contributed by atoms with Crippen LogP contribution in [0.3, 0.4) is 0 Å². The van der Waals surface area contributed by atoms with E-state index in [-0.39, 0.29) is 0 Å². The number of hydrogen-bond acceptors (Lipinski definition) is 3. The van der Waals surface area contributed by atoms with E-state index in [0.717, 1.165) is 13.1 Å². The first-order valence-electron chi connectivity index (χ1n) is 7.20. The molecule has 2 atom stereocenters. The van der Waals surface area contributed by atoms with Gasteiger partial charge in [0.2, 0.25) is 0 Å². The van der Waals surface area contributed by atoms with E-state index in [9.17, 15) is 0 Å². The van der Waals surface area contributed by atoms with Crippen LogP contribution in [0.2, 0.25) is 0 Å². The molecule has 1 fully saturated rings. The second-order valence-corrected chi connectivity index (χ2v) is 5.17. The zero-order chi connectivity index (χ0) is 12.8. The quantitative estimate of drug-likeness (QED) is 0.867. The van der Waals surface area contributed by atoms with Crippen molar-refractivity contribution in [2.24, 2.45) is 0 Å². The Hall–Kier alpha value is -0.930. The third-order valence-corrected chi connectivity index (χ3v) is 3.83. The van der Waals surface area contributed by atoms with Gasteiger partial charge >= 0.3 is 0 Å². The number of pyridine rings is 1. The monoisotopic (exact) mass is 247 g/mol. The van der Waals surface area contributed by atoms with Crippen LogP contribution in [0.4, 0.5) is 0 Å². The van der Waals surface area contributed by atoms with E-state index in [4.69, 9.17) is 0 Å². The van der Waals surface area contributed by atoms with E-state index in [1.54, 1.807) is 0 Å². The first-order valence-corrected chi connectivity index (χ1v) is 7.20. The average Bonchev–Trinajstić information content (AvgIpc) is 2.46. The zero-order valence-corrected chi connectivity index (χ0v) is 11.6. The molecule has 3 heteroatoms. The van der Waals surface area contributed by atoms with Crippen LogP contribution in [-0.2, 0) is 0 Å². The van der Waals surface area contributed by atoms with Gasteiger partial charge in [-0.15, -0.1) is 0 Å². The number of nitrogens with zero attached hydrogens (tertiary/aromatic N) is 2. The van der Waals surface area contributed by atoms with Gasteiger partial charge in [-0.3, -0.25) is 9.88 Å². The lowest BCUT2D eigenvalue weighted by Crippen LogP contribution is -2.47. The van der Waals surface area contributed by atoms with E-state index >= 15 is 0 Å². The zero-order valence-electron chi connectivity index (χ0n) is 11.6. The summed E-state index contributed by atoms with van der Waals surface area (Å²) in [7, 11) is 0. The maximum atomic E-state index is 4.51. The van der Waals surface area contributed by atoms with E-state index < -0.39 is 0 Å². The molecule has 2 rings (SSSR count). The van der Waals surface area contributed by atoms with Gasteiger partial charge in [-0.05, 0) is 51.4 Å². The maximum Gasteiger partial charge on any atom is 0.0572 e. The van der Waals surface area contributed by atoms with Gasteiger partial charge in [0.15, 0.2) is 0 Å². The van der Waals surface area contributed by atoms with Gasteiger partial charge in [0.05, 0.1) is 5.69 Å². The Labute approximate surface area is 111 Å². The molecule has 1 N–H and O–H groups in total. The van der Waals surface area contributed by atoms with Gasteiger partial charge < -0.3 is 5.32 Å². The van der Waals surface area contributed by atoms with Crippen LogP contribution in [0.1, 0.15) is 44.8 Å². The van der Waals surface area contributed by atoms with Crippen molar-refractivity contribution in [3.63, 3.8) is 0 Å². The van der Waals surface area contributed by atoms with Crippen LogP contribution >= 0.6 is 0 Å². The minimum absolute atomic E-state index is 0.413. The van der Waals surface area contributed by atoms with Crippen molar-refractivity contribution in [2.75, 3.05) is 19.6 Å². The maximum absolute atomic E-state index is 4.51. The fourth-order valence-electron chi connectivity index (χ4n) is 2.86. The molecule has 3 nitrogen and oxygen atoms in total. The Morgan fingerprint density at radius 2 is 2.39 bits per heavy atom. The molecule has 1 aromatic rings. The fourth-order valence-corrected chi connectivity index (χ4v) is 2.86. The summed E-state index contributed by atoms with van der Waals surface area (Å²) >= 11 is 0. The lowest BCUT2D eigenvalue weighted by Gasteiger charge is -2.38. The second-order valence-electron chi connectivity index (χ2n) is 5.17. The van der Waals surface area contributed by atoms with Gasteiger partial charge in [0.1, 0.15) is 0 Å². The Kier molecular flexibility index (Phi) is 5.14. The first-order chi connectivity index (χ1) is 8.83. The molecule has 1 aliphatic heterocycles. The molecule has 0 bridgehead atoms. The van der Waals surface area contributed by atoms with Gasteiger partial charge in [0, 0.05) is 24.8 Å². The molecular formula is C15H25N3. The third kappa shape index (κ3) is 3.30. The summed E-state index contributed by atoms with van der Waals surface area (Å²) < 4.78 is 0. The molecule has 1 saturated heterocycles. The lowest BCUT2D eigenvalue weighted by molar-refractivity contribution is 0.118.